The van der Waals surface area contributed by atoms with E-state index in [9.17, 15) is 4.79 Å². The Bertz CT molecular complexity index is 1050. The monoisotopic (exact) mass is 407 g/mol. The molecule has 5 rings (SSSR count). The molecule has 1 N–H and O–H groups in total. The van der Waals surface area contributed by atoms with E-state index in [2.05, 4.69) is 57.4 Å². The molecule has 0 unspecified atom stereocenters. The van der Waals surface area contributed by atoms with Gasteiger partial charge in [0.15, 0.2) is 0 Å². The molecule has 1 fully saturated rings. The number of benzene rings is 1. The average Bonchev–Trinajstić information content (AvgIpc) is 3.34. The van der Waals surface area contributed by atoms with Crippen LogP contribution in [0.5, 0.6) is 0 Å². The minimum absolute atomic E-state index is 0.0124. The molecule has 2 aromatic heterocycles. The molecule has 1 aliphatic heterocycles. The molecule has 0 atom stereocenters. The minimum Gasteiger partial charge on any atom is -0.341 e. The fourth-order valence-corrected chi connectivity index (χ4v) is 4.38. The first kappa shape index (κ1) is 15.8. The highest BCUT2D eigenvalue weighted by molar-refractivity contribution is 9.10. The van der Waals surface area contributed by atoms with Crippen molar-refractivity contribution in [3.63, 3.8) is 0 Å². The van der Waals surface area contributed by atoms with Crippen molar-refractivity contribution in [1.82, 2.24) is 14.9 Å². The van der Waals surface area contributed by atoms with Gasteiger partial charge in [-0.2, -0.15) is 0 Å². The Hall–Kier alpha value is -2.40. The van der Waals surface area contributed by atoms with Gasteiger partial charge in [-0.1, -0.05) is 25.1 Å². The van der Waals surface area contributed by atoms with Gasteiger partial charge in [0, 0.05) is 33.7 Å². The summed E-state index contributed by atoms with van der Waals surface area (Å²) in [5.74, 6) is -0.0124. The normalized spacial score (nSPS) is 16.6. The fraction of sp³-hybridized carbons (Fsp3) is 0.238. The van der Waals surface area contributed by atoms with Gasteiger partial charge < -0.3 is 9.88 Å². The lowest BCUT2D eigenvalue weighted by molar-refractivity contribution is 0.0927. The lowest BCUT2D eigenvalue weighted by Crippen LogP contribution is -2.33. The van der Waals surface area contributed by atoms with Crippen molar-refractivity contribution < 1.29 is 4.79 Å². The van der Waals surface area contributed by atoms with Crippen LogP contribution < -0.4 is 5.32 Å². The number of aryl methyl sites for hydroxylation is 1. The second kappa shape index (κ2) is 5.55. The molecule has 2 aliphatic rings. The van der Waals surface area contributed by atoms with Crippen LogP contribution in [0, 0.1) is 0 Å². The van der Waals surface area contributed by atoms with Gasteiger partial charge >= 0.3 is 0 Å². The molecule has 1 aliphatic carbocycles. The van der Waals surface area contributed by atoms with E-state index < -0.39 is 0 Å². The van der Waals surface area contributed by atoms with Crippen molar-refractivity contribution in [2.45, 2.75) is 31.7 Å². The van der Waals surface area contributed by atoms with Crippen molar-refractivity contribution in [3.05, 3.63) is 70.2 Å². The van der Waals surface area contributed by atoms with Crippen LogP contribution in [0.2, 0.25) is 0 Å². The number of amides is 1. The summed E-state index contributed by atoms with van der Waals surface area (Å²) in [5, 5.41) is 3.24. The summed E-state index contributed by atoms with van der Waals surface area (Å²) in [7, 11) is 0. The maximum atomic E-state index is 12.7. The van der Waals surface area contributed by atoms with E-state index >= 15 is 0 Å². The Labute approximate surface area is 160 Å². The van der Waals surface area contributed by atoms with Crippen LogP contribution in [0.25, 0.3) is 16.8 Å². The quantitative estimate of drug-likeness (QED) is 0.674. The Balaban J connectivity index is 1.76. The molecular weight excluding hydrogens is 390 g/mol. The van der Waals surface area contributed by atoms with E-state index in [1.807, 2.05) is 29.1 Å². The first-order valence-corrected chi connectivity index (χ1v) is 9.70. The lowest BCUT2D eigenvalue weighted by atomic mass is 9.96. The zero-order valence-corrected chi connectivity index (χ0v) is 16.0. The predicted octanol–water partition coefficient (Wildman–Crippen LogP) is 4.60. The number of fused-ring (bicyclic) bond motifs is 4. The van der Waals surface area contributed by atoms with E-state index in [0.717, 1.165) is 46.2 Å². The molecule has 4 nitrogen and oxygen atoms in total. The number of pyridine rings is 1. The van der Waals surface area contributed by atoms with Crippen molar-refractivity contribution in [2.24, 2.45) is 0 Å². The standard InChI is InChI=1S/C21H18BrN3O/c1-2-17-15(4-3-9-23-17)13-5-6-16-18(10-13)25-12-14(22)11-19(25)20(26)24-21(16)7-8-21/h3-6,9-12H,2,7-8H2,1H3,(H,24,26). The smallest absolute Gasteiger partial charge is 0.269 e. The number of hydrogen-bond acceptors (Lipinski definition) is 2. The molecule has 0 bridgehead atoms. The van der Waals surface area contributed by atoms with Gasteiger partial charge in [-0.15, -0.1) is 0 Å². The highest BCUT2D eigenvalue weighted by Gasteiger charge is 2.49. The SMILES string of the molecule is CCc1ncccc1-c1ccc2c(c1)-n1cc(Br)cc1C(=O)NC21CC1. The second-order valence-electron chi connectivity index (χ2n) is 7.03. The van der Waals surface area contributed by atoms with E-state index in [0.29, 0.717) is 5.69 Å². The number of halogens is 1. The molecule has 1 spiro atoms. The number of aromatic nitrogens is 2. The minimum atomic E-state index is -0.209. The lowest BCUT2D eigenvalue weighted by Gasteiger charge is -2.19. The van der Waals surface area contributed by atoms with Crippen LogP contribution in [0.15, 0.2) is 53.3 Å². The van der Waals surface area contributed by atoms with Crippen LogP contribution in [0.4, 0.5) is 0 Å². The number of nitrogens with one attached hydrogen (secondary N) is 1. The number of rotatable bonds is 2. The number of carbonyl (C=O) groups excluding carboxylic acids is 1. The maximum Gasteiger partial charge on any atom is 0.269 e. The van der Waals surface area contributed by atoms with Crippen molar-refractivity contribution >= 4 is 21.8 Å². The number of nitrogens with zero attached hydrogens (tertiary/aromatic N) is 2. The topological polar surface area (TPSA) is 46.9 Å². The Morgan fingerprint density at radius 3 is 2.88 bits per heavy atom. The van der Waals surface area contributed by atoms with E-state index in [1.54, 1.807) is 0 Å². The van der Waals surface area contributed by atoms with Gasteiger partial charge in [-0.25, -0.2) is 0 Å². The summed E-state index contributed by atoms with van der Waals surface area (Å²) in [4.78, 5) is 17.3. The molecule has 3 aromatic rings. The average molecular weight is 408 g/mol. The largest absolute Gasteiger partial charge is 0.341 e. The molecular formula is C21H18BrN3O. The number of hydrogen-bond donors (Lipinski definition) is 1. The summed E-state index contributed by atoms with van der Waals surface area (Å²) in [6, 6.07) is 12.5. The fourth-order valence-electron chi connectivity index (χ4n) is 3.96. The summed E-state index contributed by atoms with van der Waals surface area (Å²) < 4.78 is 2.91. The third-order valence-electron chi connectivity index (χ3n) is 5.43. The van der Waals surface area contributed by atoms with Gasteiger partial charge in [0.25, 0.3) is 5.91 Å². The van der Waals surface area contributed by atoms with Crippen LogP contribution in [-0.4, -0.2) is 15.5 Å². The Morgan fingerprint density at radius 1 is 1.27 bits per heavy atom. The highest BCUT2D eigenvalue weighted by Crippen LogP contribution is 2.50. The molecule has 1 aromatic carbocycles. The van der Waals surface area contributed by atoms with Crippen molar-refractivity contribution in [1.29, 1.82) is 0 Å². The molecule has 3 heterocycles. The summed E-state index contributed by atoms with van der Waals surface area (Å²) in [5.41, 5.74) is 6.10. The van der Waals surface area contributed by atoms with Gasteiger partial charge in [0.05, 0.1) is 11.2 Å². The third kappa shape index (κ3) is 2.27. The van der Waals surface area contributed by atoms with Gasteiger partial charge in [-0.3, -0.25) is 9.78 Å². The van der Waals surface area contributed by atoms with Crippen molar-refractivity contribution in [2.75, 3.05) is 0 Å². The van der Waals surface area contributed by atoms with Gasteiger partial charge in [0.1, 0.15) is 5.69 Å². The molecule has 5 heteroatoms. The zero-order chi connectivity index (χ0) is 17.9. The van der Waals surface area contributed by atoms with Crippen LogP contribution in [0.1, 0.15) is 41.5 Å². The molecule has 1 saturated carbocycles. The summed E-state index contributed by atoms with van der Waals surface area (Å²) in [6.07, 6.45) is 6.68. The first-order chi connectivity index (χ1) is 12.6. The van der Waals surface area contributed by atoms with Crippen LogP contribution in [-0.2, 0) is 12.0 Å². The first-order valence-electron chi connectivity index (χ1n) is 8.91. The maximum absolute atomic E-state index is 12.7. The molecule has 0 saturated heterocycles. The van der Waals surface area contributed by atoms with Crippen LogP contribution >= 0.6 is 15.9 Å². The second-order valence-corrected chi connectivity index (χ2v) is 7.95. The van der Waals surface area contributed by atoms with Crippen LogP contribution in [0.3, 0.4) is 0 Å². The predicted molar refractivity (Wildman–Crippen MR) is 104 cm³/mol. The van der Waals surface area contributed by atoms with Crippen molar-refractivity contribution in [3.8, 4) is 16.8 Å². The third-order valence-corrected chi connectivity index (χ3v) is 5.86. The van der Waals surface area contributed by atoms with E-state index in [1.165, 1.54) is 5.56 Å². The highest BCUT2D eigenvalue weighted by atomic mass is 79.9. The molecule has 130 valence electrons. The van der Waals surface area contributed by atoms with Gasteiger partial charge in [-0.05, 0) is 59.0 Å². The molecule has 0 radical (unpaired) electrons. The molecule has 26 heavy (non-hydrogen) atoms. The van der Waals surface area contributed by atoms with Gasteiger partial charge in [0.2, 0.25) is 0 Å². The number of carbonyl (C=O) groups is 1. The summed E-state index contributed by atoms with van der Waals surface area (Å²) >= 11 is 3.52. The van der Waals surface area contributed by atoms with E-state index in [4.69, 9.17) is 0 Å². The zero-order valence-electron chi connectivity index (χ0n) is 14.4. The Kier molecular flexibility index (Phi) is 3.38. The van der Waals surface area contributed by atoms with E-state index in [-0.39, 0.29) is 11.4 Å². The Morgan fingerprint density at radius 2 is 2.12 bits per heavy atom. The molecule has 1 amide bonds. The summed E-state index contributed by atoms with van der Waals surface area (Å²) in [6.45, 7) is 2.12.